The zero-order chi connectivity index (χ0) is 8.67. The van der Waals surface area contributed by atoms with Crippen molar-refractivity contribution in [1.29, 1.82) is 0 Å². The molecule has 2 heteroatoms. The van der Waals surface area contributed by atoms with Crippen LogP contribution in [0.5, 0.6) is 0 Å². The van der Waals surface area contributed by atoms with Crippen molar-refractivity contribution < 1.29 is 0 Å². The van der Waals surface area contributed by atoms with E-state index in [-0.39, 0.29) is 0 Å². The van der Waals surface area contributed by atoms with Crippen LogP contribution >= 0.6 is 0 Å². The van der Waals surface area contributed by atoms with Crippen LogP contribution in [0.4, 0.5) is 0 Å². The summed E-state index contributed by atoms with van der Waals surface area (Å²) in [6, 6.07) is 0. The molecule has 0 aromatic carbocycles. The van der Waals surface area contributed by atoms with E-state index in [2.05, 4.69) is 0 Å². The second-order valence-electron chi connectivity index (χ2n) is 4.07. The van der Waals surface area contributed by atoms with Crippen LogP contribution in [0.1, 0.15) is 42.0 Å². The molecule has 0 aliphatic heterocycles. The minimum Gasteiger partial charge on any atom is -0.254 e. The molecule has 0 spiro atoms. The van der Waals surface area contributed by atoms with E-state index in [1.54, 1.807) is 0 Å². The Hall–Kier alpha value is -0.920. The summed E-state index contributed by atoms with van der Waals surface area (Å²) in [5.41, 5.74) is 5.18. The third-order valence-corrected chi connectivity index (χ3v) is 3.11. The summed E-state index contributed by atoms with van der Waals surface area (Å²) >= 11 is 0. The van der Waals surface area contributed by atoms with E-state index in [0.717, 1.165) is 25.7 Å². The van der Waals surface area contributed by atoms with Gasteiger partial charge in [-0.3, -0.25) is 9.97 Å². The van der Waals surface area contributed by atoms with Crippen molar-refractivity contribution in [3.05, 3.63) is 22.8 Å². The molecule has 0 saturated heterocycles. The molecule has 1 aromatic heterocycles. The fourth-order valence-electron chi connectivity index (χ4n) is 2.39. The van der Waals surface area contributed by atoms with Gasteiger partial charge in [0.25, 0.3) is 0 Å². The SMILES string of the molecule is C1CCc2nc3c(nc2C1)CCC3. The van der Waals surface area contributed by atoms with Crippen molar-refractivity contribution in [2.75, 3.05) is 0 Å². The summed E-state index contributed by atoms with van der Waals surface area (Å²) in [7, 11) is 0. The quantitative estimate of drug-likeness (QED) is 0.600. The second-order valence-corrected chi connectivity index (χ2v) is 4.07. The van der Waals surface area contributed by atoms with Crippen LogP contribution < -0.4 is 0 Å². The van der Waals surface area contributed by atoms with Crippen LogP contribution in [0.25, 0.3) is 0 Å². The van der Waals surface area contributed by atoms with Gasteiger partial charge in [0, 0.05) is 0 Å². The molecule has 13 heavy (non-hydrogen) atoms. The molecule has 0 N–H and O–H groups in total. The Labute approximate surface area is 78.4 Å². The van der Waals surface area contributed by atoms with Gasteiger partial charge in [-0.05, 0) is 44.9 Å². The Bertz CT molecular complexity index is 311. The van der Waals surface area contributed by atoms with Gasteiger partial charge in [-0.2, -0.15) is 0 Å². The lowest BCUT2D eigenvalue weighted by molar-refractivity contribution is 0.642. The summed E-state index contributed by atoms with van der Waals surface area (Å²) < 4.78 is 0. The molecular weight excluding hydrogens is 160 g/mol. The minimum absolute atomic E-state index is 1.16. The molecule has 0 unspecified atom stereocenters. The van der Waals surface area contributed by atoms with Crippen LogP contribution in [-0.4, -0.2) is 9.97 Å². The highest BCUT2D eigenvalue weighted by atomic mass is 14.9. The van der Waals surface area contributed by atoms with Crippen molar-refractivity contribution >= 4 is 0 Å². The first kappa shape index (κ1) is 7.48. The van der Waals surface area contributed by atoms with Gasteiger partial charge in [0.1, 0.15) is 0 Å². The molecule has 68 valence electrons. The van der Waals surface area contributed by atoms with Crippen LogP contribution in [-0.2, 0) is 25.7 Å². The monoisotopic (exact) mass is 174 g/mol. The van der Waals surface area contributed by atoms with Gasteiger partial charge in [0.15, 0.2) is 0 Å². The zero-order valence-corrected chi connectivity index (χ0v) is 7.84. The van der Waals surface area contributed by atoms with E-state index >= 15 is 0 Å². The molecule has 2 aliphatic carbocycles. The molecule has 0 atom stereocenters. The van der Waals surface area contributed by atoms with Gasteiger partial charge in [0.2, 0.25) is 0 Å². The maximum atomic E-state index is 4.73. The molecule has 0 fully saturated rings. The third kappa shape index (κ3) is 1.16. The van der Waals surface area contributed by atoms with Gasteiger partial charge >= 0.3 is 0 Å². The number of fused-ring (bicyclic) bond motifs is 2. The van der Waals surface area contributed by atoms with Crippen molar-refractivity contribution in [3.63, 3.8) is 0 Å². The molecule has 0 saturated carbocycles. The zero-order valence-electron chi connectivity index (χ0n) is 7.84. The molecule has 1 aromatic rings. The minimum atomic E-state index is 1.16. The standard InChI is InChI=1S/C11H14N2/c1-2-5-9-8(4-1)12-10-6-3-7-11(10)13-9/h1-7H2. The third-order valence-electron chi connectivity index (χ3n) is 3.11. The topological polar surface area (TPSA) is 25.8 Å². The van der Waals surface area contributed by atoms with Crippen molar-refractivity contribution in [2.24, 2.45) is 0 Å². The molecule has 2 aliphatic rings. The van der Waals surface area contributed by atoms with Gasteiger partial charge in [-0.15, -0.1) is 0 Å². The van der Waals surface area contributed by atoms with E-state index in [0.29, 0.717) is 0 Å². The van der Waals surface area contributed by atoms with E-state index in [4.69, 9.17) is 9.97 Å². The largest absolute Gasteiger partial charge is 0.254 e. The predicted molar refractivity (Wildman–Crippen MR) is 50.7 cm³/mol. The fourth-order valence-corrected chi connectivity index (χ4v) is 2.39. The summed E-state index contributed by atoms with van der Waals surface area (Å²) in [6.07, 6.45) is 8.52. The van der Waals surface area contributed by atoms with Crippen LogP contribution in [0.2, 0.25) is 0 Å². The second kappa shape index (κ2) is 2.79. The fraction of sp³-hybridized carbons (Fsp3) is 0.636. The highest BCUT2D eigenvalue weighted by Gasteiger charge is 2.19. The maximum Gasteiger partial charge on any atom is 0.0622 e. The van der Waals surface area contributed by atoms with Gasteiger partial charge in [0.05, 0.1) is 22.8 Å². The lowest BCUT2D eigenvalue weighted by Crippen LogP contribution is -2.10. The highest BCUT2D eigenvalue weighted by Crippen LogP contribution is 2.23. The Morgan fingerprint density at radius 1 is 0.538 bits per heavy atom. The predicted octanol–water partition coefficient (Wildman–Crippen LogP) is 1.84. The molecule has 3 rings (SSSR count). The lowest BCUT2D eigenvalue weighted by Gasteiger charge is -2.14. The number of aryl methyl sites for hydroxylation is 4. The molecule has 0 amide bonds. The van der Waals surface area contributed by atoms with E-state index in [1.807, 2.05) is 0 Å². The van der Waals surface area contributed by atoms with E-state index in [9.17, 15) is 0 Å². The number of rotatable bonds is 0. The van der Waals surface area contributed by atoms with Gasteiger partial charge in [-0.1, -0.05) is 0 Å². The molecule has 2 nitrogen and oxygen atoms in total. The highest BCUT2D eigenvalue weighted by molar-refractivity contribution is 5.25. The summed E-state index contributed by atoms with van der Waals surface area (Å²) in [4.78, 5) is 9.46. The normalized spacial score (nSPS) is 19.7. The van der Waals surface area contributed by atoms with Crippen LogP contribution in [0, 0.1) is 0 Å². The Morgan fingerprint density at radius 2 is 0.923 bits per heavy atom. The Balaban J connectivity index is 2.11. The number of hydrogen-bond donors (Lipinski definition) is 0. The first-order chi connectivity index (χ1) is 6.43. The molecule has 0 radical (unpaired) electrons. The van der Waals surface area contributed by atoms with Crippen molar-refractivity contribution in [1.82, 2.24) is 9.97 Å². The summed E-state index contributed by atoms with van der Waals surface area (Å²) in [6.45, 7) is 0. The smallest absolute Gasteiger partial charge is 0.0622 e. The first-order valence-electron chi connectivity index (χ1n) is 5.31. The summed E-state index contributed by atoms with van der Waals surface area (Å²) in [5, 5.41) is 0. The van der Waals surface area contributed by atoms with Crippen LogP contribution in [0.15, 0.2) is 0 Å². The average Bonchev–Trinajstić information content (AvgIpc) is 2.61. The van der Waals surface area contributed by atoms with Crippen molar-refractivity contribution in [3.8, 4) is 0 Å². The average molecular weight is 174 g/mol. The lowest BCUT2D eigenvalue weighted by atomic mass is 10.0. The Morgan fingerprint density at radius 3 is 1.38 bits per heavy atom. The molecule has 0 bridgehead atoms. The van der Waals surface area contributed by atoms with Crippen molar-refractivity contribution in [2.45, 2.75) is 44.9 Å². The first-order valence-corrected chi connectivity index (χ1v) is 5.31. The molecule has 1 heterocycles. The van der Waals surface area contributed by atoms with E-state index < -0.39 is 0 Å². The summed E-state index contributed by atoms with van der Waals surface area (Å²) in [5.74, 6) is 0. The van der Waals surface area contributed by atoms with E-state index in [1.165, 1.54) is 42.0 Å². The maximum absolute atomic E-state index is 4.73. The number of nitrogens with zero attached hydrogens (tertiary/aromatic N) is 2. The number of hydrogen-bond acceptors (Lipinski definition) is 2. The molecular formula is C11H14N2. The Kier molecular flexibility index (Phi) is 1.61. The van der Waals surface area contributed by atoms with Crippen LogP contribution in [0.3, 0.4) is 0 Å². The number of aromatic nitrogens is 2. The van der Waals surface area contributed by atoms with Gasteiger partial charge in [-0.25, -0.2) is 0 Å². The van der Waals surface area contributed by atoms with Gasteiger partial charge < -0.3 is 0 Å².